The molecular formula is C21H19N3O. The van der Waals surface area contributed by atoms with Crippen LogP contribution in [0.3, 0.4) is 0 Å². The van der Waals surface area contributed by atoms with E-state index in [1.165, 1.54) is 16.5 Å². The Kier molecular flexibility index (Phi) is 3.99. The van der Waals surface area contributed by atoms with E-state index >= 15 is 0 Å². The van der Waals surface area contributed by atoms with Gasteiger partial charge in [-0.3, -0.25) is 4.79 Å². The Bertz CT molecular complexity index is 941. The number of hydrogen-bond acceptors (Lipinski definition) is 2. The third-order valence-electron chi connectivity index (χ3n) is 5.10. The van der Waals surface area contributed by atoms with E-state index in [0.29, 0.717) is 17.0 Å². The standard InChI is InChI=1S/C21H19N3O/c22-13-15-5-7-17(8-6-15)21(25)24-11-9-16(10-12-24)19-14-23-20-4-2-1-3-18(19)20/h1-8,14,16,23H,9-12H2. The van der Waals surface area contributed by atoms with Gasteiger partial charge in [0, 0.05) is 35.8 Å². The van der Waals surface area contributed by atoms with E-state index in [0.717, 1.165) is 25.9 Å². The average Bonchev–Trinajstić information content (AvgIpc) is 3.12. The number of carbonyl (C=O) groups excluding carboxylic acids is 1. The summed E-state index contributed by atoms with van der Waals surface area (Å²) in [5, 5.41) is 10.2. The number of aromatic nitrogens is 1. The summed E-state index contributed by atoms with van der Waals surface area (Å²) in [5.41, 5.74) is 3.77. The van der Waals surface area contributed by atoms with E-state index in [1.54, 1.807) is 24.3 Å². The van der Waals surface area contributed by atoms with Crippen LogP contribution in [0.4, 0.5) is 0 Å². The number of fused-ring (bicyclic) bond motifs is 1. The van der Waals surface area contributed by atoms with Crippen molar-refractivity contribution in [3.8, 4) is 6.07 Å². The summed E-state index contributed by atoms with van der Waals surface area (Å²) in [7, 11) is 0. The van der Waals surface area contributed by atoms with Crippen LogP contribution in [0.2, 0.25) is 0 Å². The molecule has 4 rings (SSSR count). The van der Waals surface area contributed by atoms with E-state index in [2.05, 4.69) is 35.4 Å². The van der Waals surface area contributed by atoms with Crippen LogP contribution < -0.4 is 0 Å². The van der Waals surface area contributed by atoms with Crippen LogP contribution in [0.25, 0.3) is 10.9 Å². The maximum absolute atomic E-state index is 12.6. The van der Waals surface area contributed by atoms with E-state index in [9.17, 15) is 4.79 Å². The Morgan fingerprint density at radius 2 is 1.80 bits per heavy atom. The maximum atomic E-state index is 12.6. The van der Waals surface area contributed by atoms with Crippen LogP contribution in [-0.2, 0) is 0 Å². The van der Waals surface area contributed by atoms with Gasteiger partial charge in [-0.1, -0.05) is 18.2 Å². The predicted molar refractivity (Wildman–Crippen MR) is 97.3 cm³/mol. The second-order valence-corrected chi connectivity index (χ2v) is 6.55. The molecule has 4 heteroatoms. The molecule has 0 bridgehead atoms. The number of carbonyl (C=O) groups is 1. The van der Waals surface area contributed by atoms with Crippen molar-refractivity contribution in [3.63, 3.8) is 0 Å². The van der Waals surface area contributed by atoms with Gasteiger partial charge in [0.15, 0.2) is 0 Å². The molecule has 124 valence electrons. The molecule has 1 amide bonds. The largest absolute Gasteiger partial charge is 0.361 e. The second kappa shape index (κ2) is 6.45. The van der Waals surface area contributed by atoms with Crippen molar-refractivity contribution in [2.24, 2.45) is 0 Å². The lowest BCUT2D eigenvalue weighted by atomic mass is 9.89. The molecule has 0 aliphatic carbocycles. The highest BCUT2D eigenvalue weighted by Gasteiger charge is 2.25. The van der Waals surface area contributed by atoms with Crippen molar-refractivity contribution in [2.75, 3.05) is 13.1 Å². The first kappa shape index (κ1) is 15.5. The van der Waals surface area contributed by atoms with Crippen LogP contribution >= 0.6 is 0 Å². The Morgan fingerprint density at radius 1 is 1.08 bits per heavy atom. The molecule has 0 unspecified atom stereocenters. The fourth-order valence-electron chi connectivity index (χ4n) is 3.70. The number of rotatable bonds is 2. The zero-order chi connectivity index (χ0) is 17.2. The molecular weight excluding hydrogens is 310 g/mol. The van der Waals surface area contributed by atoms with Crippen LogP contribution in [0, 0.1) is 11.3 Å². The van der Waals surface area contributed by atoms with Crippen molar-refractivity contribution >= 4 is 16.8 Å². The van der Waals surface area contributed by atoms with Gasteiger partial charge in [-0.2, -0.15) is 5.26 Å². The number of nitrogens with zero attached hydrogens (tertiary/aromatic N) is 2. The minimum absolute atomic E-state index is 0.0573. The number of nitrogens with one attached hydrogen (secondary N) is 1. The average molecular weight is 329 g/mol. The minimum Gasteiger partial charge on any atom is -0.361 e. The van der Waals surface area contributed by atoms with Crippen molar-refractivity contribution in [1.82, 2.24) is 9.88 Å². The van der Waals surface area contributed by atoms with Gasteiger partial charge in [0.1, 0.15) is 0 Å². The van der Waals surface area contributed by atoms with Crippen molar-refractivity contribution in [2.45, 2.75) is 18.8 Å². The lowest BCUT2D eigenvalue weighted by Crippen LogP contribution is -2.37. The lowest BCUT2D eigenvalue weighted by molar-refractivity contribution is 0.0713. The zero-order valence-corrected chi connectivity index (χ0v) is 13.9. The number of para-hydroxylation sites is 1. The first-order valence-electron chi connectivity index (χ1n) is 8.62. The molecule has 2 aromatic carbocycles. The number of aromatic amines is 1. The van der Waals surface area contributed by atoms with Crippen LogP contribution in [0.5, 0.6) is 0 Å². The molecule has 4 nitrogen and oxygen atoms in total. The Balaban J connectivity index is 1.46. The topological polar surface area (TPSA) is 59.9 Å². The lowest BCUT2D eigenvalue weighted by Gasteiger charge is -2.32. The summed E-state index contributed by atoms with van der Waals surface area (Å²) in [5.74, 6) is 0.544. The van der Waals surface area contributed by atoms with Crippen molar-refractivity contribution in [1.29, 1.82) is 5.26 Å². The minimum atomic E-state index is 0.0573. The molecule has 0 spiro atoms. The zero-order valence-electron chi connectivity index (χ0n) is 13.9. The third-order valence-corrected chi connectivity index (χ3v) is 5.10. The van der Waals surface area contributed by atoms with Crippen LogP contribution in [-0.4, -0.2) is 28.9 Å². The van der Waals surface area contributed by atoms with E-state index in [4.69, 9.17) is 5.26 Å². The Labute approximate surface area is 146 Å². The Morgan fingerprint density at radius 3 is 2.52 bits per heavy atom. The molecule has 1 fully saturated rings. The summed E-state index contributed by atoms with van der Waals surface area (Å²) in [6.45, 7) is 1.53. The summed E-state index contributed by atoms with van der Waals surface area (Å²) < 4.78 is 0. The van der Waals surface area contributed by atoms with Crippen LogP contribution in [0.1, 0.15) is 40.2 Å². The summed E-state index contributed by atoms with van der Waals surface area (Å²) in [6.07, 6.45) is 4.07. The van der Waals surface area contributed by atoms with Gasteiger partial charge in [-0.05, 0) is 54.7 Å². The molecule has 2 heterocycles. The van der Waals surface area contributed by atoms with Gasteiger partial charge in [0.05, 0.1) is 11.6 Å². The van der Waals surface area contributed by atoms with Crippen molar-refractivity contribution in [3.05, 3.63) is 71.4 Å². The van der Waals surface area contributed by atoms with Gasteiger partial charge >= 0.3 is 0 Å². The van der Waals surface area contributed by atoms with E-state index < -0.39 is 0 Å². The maximum Gasteiger partial charge on any atom is 0.253 e. The van der Waals surface area contributed by atoms with Gasteiger partial charge < -0.3 is 9.88 Å². The molecule has 0 atom stereocenters. The molecule has 1 N–H and O–H groups in total. The smallest absolute Gasteiger partial charge is 0.253 e. The molecule has 1 aliphatic heterocycles. The number of piperidine rings is 1. The quantitative estimate of drug-likeness (QED) is 0.771. The highest BCUT2D eigenvalue weighted by molar-refractivity contribution is 5.94. The number of amides is 1. The molecule has 1 saturated heterocycles. The number of H-pyrrole nitrogens is 1. The number of benzene rings is 2. The molecule has 1 aliphatic rings. The highest BCUT2D eigenvalue weighted by Crippen LogP contribution is 2.33. The number of likely N-dealkylation sites (tertiary alicyclic amines) is 1. The first-order chi connectivity index (χ1) is 12.3. The molecule has 1 aromatic heterocycles. The molecule has 0 saturated carbocycles. The fourth-order valence-corrected chi connectivity index (χ4v) is 3.70. The second-order valence-electron chi connectivity index (χ2n) is 6.55. The third kappa shape index (κ3) is 2.89. The monoisotopic (exact) mass is 329 g/mol. The van der Waals surface area contributed by atoms with Crippen molar-refractivity contribution < 1.29 is 4.79 Å². The predicted octanol–water partition coefficient (Wildman–Crippen LogP) is 4.06. The van der Waals surface area contributed by atoms with Gasteiger partial charge in [-0.15, -0.1) is 0 Å². The number of nitriles is 1. The summed E-state index contributed by atoms with van der Waals surface area (Å²) >= 11 is 0. The highest BCUT2D eigenvalue weighted by atomic mass is 16.2. The number of hydrogen-bond donors (Lipinski definition) is 1. The van der Waals surface area contributed by atoms with E-state index in [-0.39, 0.29) is 5.91 Å². The van der Waals surface area contributed by atoms with Crippen LogP contribution in [0.15, 0.2) is 54.7 Å². The first-order valence-corrected chi connectivity index (χ1v) is 8.62. The van der Waals surface area contributed by atoms with Gasteiger partial charge in [0.2, 0.25) is 0 Å². The fraction of sp³-hybridized carbons (Fsp3) is 0.238. The molecule has 0 radical (unpaired) electrons. The van der Waals surface area contributed by atoms with Gasteiger partial charge in [0.25, 0.3) is 5.91 Å². The van der Waals surface area contributed by atoms with Gasteiger partial charge in [-0.25, -0.2) is 0 Å². The van der Waals surface area contributed by atoms with E-state index in [1.807, 2.05) is 11.0 Å². The molecule has 3 aromatic rings. The SMILES string of the molecule is N#Cc1ccc(C(=O)N2CCC(c3c[nH]c4ccccc34)CC2)cc1. The Hall–Kier alpha value is -3.06. The summed E-state index contributed by atoms with van der Waals surface area (Å²) in [4.78, 5) is 17.9. The molecule has 25 heavy (non-hydrogen) atoms. The summed E-state index contributed by atoms with van der Waals surface area (Å²) in [6, 6.07) is 17.3. The normalized spacial score (nSPS) is 15.2.